The summed E-state index contributed by atoms with van der Waals surface area (Å²) in [6.07, 6.45) is 3.95. The Kier molecular flexibility index (Phi) is 5.00. The summed E-state index contributed by atoms with van der Waals surface area (Å²) in [4.78, 5) is 48.7. The number of hydrazine groups is 1. The highest BCUT2D eigenvalue weighted by Gasteiger charge is 2.47. The van der Waals surface area contributed by atoms with E-state index in [4.69, 9.17) is 4.74 Å². The molecular weight excluding hydrogens is 372 g/mol. The maximum Gasteiger partial charge on any atom is 0.350 e. The zero-order chi connectivity index (χ0) is 19.6. The van der Waals surface area contributed by atoms with E-state index in [1.165, 1.54) is 11.3 Å². The van der Waals surface area contributed by atoms with Gasteiger partial charge in [-0.25, -0.2) is 9.59 Å². The van der Waals surface area contributed by atoms with Crippen molar-refractivity contribution in [3.63, 3.8) is 0 Å². The van der Waals surface area contributed by atoms with Crippen LogP contribution in [0, 0.1) is 0 Å². The fourth-order valence-electron chi connectivity index (χ4n) is 2.53. The molecule has 3 rings (SSSR count). The molecule has 2 aromatic rings. The van der Waals surface area contributed by atoms with Gasteiger partial charge in [0, 0.05) is 12.4 Å². The first-order chi connectivity index (χ1) is 12.9. The van der Waals surface area contributed by atoms with E-state index in [9.17, 15) is 19.2 Å². The van der Waals surface area contributed by atoms with Gasteiger partial charge in [0.1, 0.15) is 10.4 Å². The first kappa shape index (κ1) is 18.6. The first-order valence-electron chi connectivity index (χ1n) is 8.20. The van der Waals surface area contributed by atoms with Crippen molar-refractivity contribution in [2.45, 2.75) is 25.8 Å². The SMILES string of the molecule is CCC1(C)NC(=O)N(NC(=O)COC(=O)c2sccc2-n2cccc2)C1=O. The molecule has 10 heteroatoms. The molecule has 0 saturated carbocycles. The Morgan fingerprint density at radius 1 is 1.30 bits per heavy atom. The van der Waals surface area contributed by atoms with Gasteiger partial charge in [0.15, 0.2) is 6.61 Å². The molecule has 0 radical (unpaired) electrons. The molecule has 9 nitrogen and oxygen atoms in total. The van der Waals surface area contributed by atoms with Crippen LogP contribution in [0.2, 0.25) is 0 Å². The maximum absolute atomic E-state index is 12.3. The van der Waals surface area contributed by atoms with E-state index < -0.39 is 36.0 Å². The van der Waals surface area contributed by atoms with E-state index in [-0.39, 0.29) is 0 Å². The Morgan fingerprint density at radius 3 is 2.63 bits per heavy atom. The fraction of sp³-hybridized carbons (Fsp3) is 0.294. The molecule has 1 aliphatic heterocycles. The van der Waals surface area contributed by atoms with Crippen molar-refractivity contribution < 1.29 is 23.9 Å². The van der Waals surface area contributed by atoms with Crippen LogP contribution in [-0.2, 0) is 14.3 Å². The van der Waals surface area contributed by atoms with Gasteiger partial charge in [-0.05, 0) is 36.9 Å². The Morgan fingerprint density at radius 2 is 2.00 bits per heavy atom. The molecule has 4 amide bonds. The van der Waals surface area contributed by atoms with Gasteiger partial charge in [0.25, 0.3) is 11.8 Å². The molecule has 1 unspecified atom stereocenters. The van der Waals surface area contributed by atoms with Crippen molar-refractivity contribution in [3.05, 3.63) is 40.8 Å². The number of urea groups is 1. The fourth-order valence-corrected chi connectivity index (χ4v) is 3.32. The number of amides is 4. The second kappa shape index (κ2) is 7.23. The lowest BCUT2D eigenvalue weighted by Crippen LogP contribution is -2.49. The van der Waals surface area contributed by atoms with Crippen molar-refractivity contribution in [2.24, 2.45) is 0 Å². The monoisotopic (exact) mass is 390 g/mol. The van der Waals surface area contributed by atoms with E-state index >= 15 is 0 Å². The minimum absolute atomic E-state index is 0.340. The number of imide groups is 1. The Hall–Kier alpha value is -3.14. The summed E-state index contributed by atoms with van der Waals surface area (Å²) >= 11 is 1.19. The lowest BCUT2D eigenvalue weighted by atomic mass is 10.00. The summed E-state index contributed by atoms with van der Waals surface area (Å²) < 4.78 is 6.78. The topological polar surface area (TPSA) is 110 Å². The van der Waals surface area contributed by atoms with Crippen molar-refractivity contribution in [1.29, 1.82) is 0 Å². The maximum atomic E-state index is 12.3. The molecule has 1 aliphatic rings. The summed E-state index contributed by atoms with van der Waals surface area (Å²) in [5.74, 6) is -2.02. The van der Waals surface area contributed by atoms with Gasteiger partial charge in [-0.2, -0.15) is 5.01 Å². The summed E-state index contributed by atoms with van der Waals surface area (Å²) in [5, 5.41) is 4.86. The second-order valence-corrected chi connectivity index (χ2v) is 7.01. The first-order valence-corrected chi connectivity index (χ1v) is 9.08. The molecule has 0 aromatic carbocycles. The molecule has 2 N–H and O–H groups in total. The normalized spacial score (nSPS) is 19.1. The van der Waals surface area contributed by atoms with Crippen molar-refractivity contribution >= 4 is 35.2 Å². The van der Waals surface area contributed by atoms with Crippen LogP contribution in [0.15, 0.2) is 36.0 Å². The molecule has 1 saturated heterocycles. The number of nitrogens with one attached hydrogen (secondary N) is 2. The Bertz CT molecular complexity index is 891. The number of hydrogen-bond acceptors (Lipinski definition) is 6. The van der Waals surface area contributed by atoms with E-state index in [1.807, 2.05) is 12.1 Å². The highest BCUT2D eigenvalue weighted by Crippen LogP contribution is 2.22. The zero-order valence-corrected chi connectivity index (χ0v) is 15.5. The number of ether oxygens (including phenoxy) is 1. The second-order valence-electron chi connectivity index (χ2n) is 6.09. The number of carbonyl (C=O) groups is 4. The predicted molar refractivity (Wildman–Crippen MR) is 96.1 cm³/mol. The number of hydrogen-bond donors (Lipinski definition) is 2. The Balaban J connectivity index is 1.59. The van der Waals surface area contributed by atoms with Gasteiger partial charge in [-0.15, -0.1) is 11.3 Å². The van der Waals surface area contributed by atoms with E-state index in [1.54, 1.807) is 42.3 Å². The number of aromatic nitrogens is 1. The van der Waals surface area contributed by atoms with Crippen LogP contribution in [0.1, 0.15) is 29.9 Å². The summed E-state index contributed by atoms with van der Waals surface area (Å²) in [6, 6.07) is 4.68. The van der Waals surface area contributed by atoms with Gasteiger partial charge in [-0.3, -0.25) is 15.0 Å². The average Bonchev–Trinajstić information content (AvgIpc) is 3.37. The molecular formula is C17H18N4O5S. The van der Waals surface area contributed by atoms with Gasteiger partial charge in [0.05, 0.1) is 5.69 Å². The molecule has 0 spiro atoms. The average molecular weight is 390 g/mol. The quantitative estimate of drug-likeness (QED) is 0.573. The lowest BCUT2D eigenvalue weighted by Gasteiger charge is -2.19. The molecule has 2 aromatic heterocycles. The van der Waals surface area contributed by atoms with Gasteiger partial charge >= 0.3 is 12.0 Å². The number of rotatable bonds is 6. The van der Waals surface area contributed by atoms with Gasteiger partial charge in [-0.1, -0.05) is 6.92 Å². The number of nitrogens with zero attached hydrogens (tertiary/aromatic N) is 2. The third-order valence-electron chi connectivity index (χ3n) is 4.25. The number of thiophene rings is 1. The third kappa shape index (κ3) is 3.56. The molecule has 142 valence electrons. The van der Waals surface area contributed by atoms with Crippen LogP contribution in [0.25, 0.3) is 5.69 Å². The van der Waals surface area contributed by atoms with Crippen LogP contribution >= 0.6 is 11.3 Å². The van der Waals surface area contributed by atoms with Crippen molar-refractivity contribution in [3.8, 4) is 5.69 Å². The summed E-state index contributed by atoms with van der Waals surface area (Å²) in [6.45, 7) is 2.69. The number of esters is 1. The standard InChI is InChI=1S/C17H18N4O5S/c1-3-17(2)15(24)21(16(25)18-17)19-12(22)10-26-14(23)13-11(6-9-27-13)20-7-4-5-8-20/h4-9H,3,10H2,1-2H3,(H,18,25)(H,19,22). The predicted octanol–water partition coefficient (Wildman–Crippen LogP) is 1.45. The van der Waals surface area contributed by atoms with E-state index in [2.05, 4.69) is 10.7 Å². The third-order valence-corrected chi connectivity index (χ3v) is 5.14. The van der Waals surface area contributed by atoms with Crippen molar-refractivity contribution in [1.82, 2.24) is 20.3 Å². The van der Waals surface area contributed by atoms with E-state index in [0.717, 1.165) is 0 Å². The van der Waals surface area contributed by atoms with Gasteiger partial charge in [0.2, 0.25) is 0 Å². The molecule has 27 heavy (non-hydrogen) atoms. The van der Waals surface area contributed by atoms with Crippen LogP contribution < -0.4 is 10.7 Å². The molecule has 0 bridgehead atoms. The summed E-state index contributed by atoms with van der Waals surface area (Å²) in [7, 11) is 0. The van der Waals surface area contributed by atoms with Gasteiger partial charge < -0.3 is 14.6 Å². The van der Waals surface area contributed by atoms with Crippen LogP contribution in [0.5, 0.6) is 0 Å². The number of carbonyl (C=O) groups excluding carboxylic acids is 4. The molecule has 1 fully saturated rings. The van der Waals surface area contributed by atoms with Crippen LogP contribution in [-0.4, -0.2) is 45.5 Å². The largest absolute Gasteiger partial charge is 0.451 e. The van der Waals surface area contributed by atoms with Crippen LogP contribution in [0.3, 0.4) is 0 Å². The van der Waals surface area contributed by atoms with Crippen LogP contribution in [0.4, 0.5) is 4.79 Å². The summed E-state index contributed by atoms with van der Waals surface area (Å²) in [5.41, 5.74) is 1.74. The minimum atomic E-state index is -1.07. The van der Waals surface area contributed by atoms with E-state index in [0.29, 0.717) is 22.0 Å². The Labute approximate surface area is 158 Å². The molecule has 1 atom stereocenters. The zero-order valence-electron chi connectivity index (χ0n) is 14.7. The highest BCUT2D eigenvalue weighted by molar-refractivity contribution is 7.12. The molecule has 0 aliphatic carbocycles. The highest BCUT2D eigenvalue weighted by atomic mass is 32.1. The molecule has 3 heterocycles. The lowest BCUT2D eigenvalue weighted by molar-refractivity contribution is -0.139. The van der Waals surface area contributed by atoms with Crippen molar-refractivity contribution in [2.75, 3.05) is 6.61 Å². The minimum Gasteiger partial charge on any atom is -0.451 e. The smallest absolute Gasteiger partial charge is 0.350 e.